The minimum Gasteiger partial charge on any atom is -0.507 e. The van der Waals surface area contributed by atoms with Gasteiger partial charge in [-0.1, -0.05) is 34.6 Å². The van der Waals surface area contributed by atoms with Gasteiger partial charge in [-0.3, -0.25) is 0 Å². The first-order valence-electron chi connectivity index (χ1n) is 9.75. The first kappa shape index (κ1) is 23.0. The van der Waals surface area contributed by atoms with Gasteiger partial charge in [0.15, 0.2) is 8.32 Å². The molecule has 1 N–H and O–H groups in total. The number of esters is 1. The average molecular weight is 383 g/mol. The fourth-order valence-electron chi connectivity index (χ4n) is 3.02. The summed E-state index contributed by atoms with van der Waals surface area (Å²) in [4.78, 5) is 11.8. The van der Waals surface area contributed by atoms with Gasteiger partial charge in [-0.15, -0.1) is 0 Å². The molecular formula is C21H38O4Si. The van der Waals surface area contributed by atoms with Gasteiger partial charge in [-0.05, 0) is 67.8 Å². The molecule has 2 atom stereocenters. The monoisotopic (exact) mass is 382 g/mol. The van der Waals surface area contributed by atoms with Gasteiger partial charge >= 0.3 is 5.97 Å². The summed E-state index contributed by atoms with van der Waals surface area (Å²) in [6, 6.07) is 0. The van der Waals surface area contributed by atoms with Crippen molar-refractivity contribution in [2.24, 2.45) is 11.8 Å². The Balaban J connectivity index is 3.22. The van der Waals surface area contributed by atoms with Crippen molar-refractivity contribution in [2.75, 3.05) is 6.61 Å². The maximum atomic E-state index is 11.8. The van der Waals surface area contributed by atoms with Crippen LogP contribution in [-0.2, 0) is 14.0 Å². The lowest BCUT2D eigenvalue weighted by Crippen LogP contribution is -2.45. The minimum absolute atomic E-state index is 0.00946. The van der Waals surface area contributed by atoms with Gasteiger partial charge < -0.3 is 14.3 Å². The highest BCUT2D eigenvalue weighted by atomic mass is 28.4. The second-order valence-electron chi connectivity index (χ2n) is 9.25. The van der Waals surface area contributed by atoms with E-state index in [1.807, 2.05) is 6.92 Å². The quantitative estimate of drug-likeness (QED) is 0.274. The molecule has 0 aromatic rings. The van der Waals surface area contributed by atoms with E-state index >= 15 is 0 Å². The number of rotatable bonds is 6. The highest BCUT2D eigenvalue weighted by Crippen LogP contribution is 2.43. The van der Waals surface area contributed by atoms with Crippen molar-refractivity contribution in [3.8, 4) is 0 Å². The molecule has 1 unspecified atom stereocenters. The zero-order valence-corrected chi connectivity index (χ0v) is 19.1. The Labute approximate surface area is 160 Å². The molecule has 1 rings (SSSR count). The summed E-state index contributed by atoms with van der Waals surface area (Å²) < 4.78 is 11.6. The smallest absolute Gasteiger partial charge is 0.334 e. The SMILES string of the molecule is CCOC(=O)/C=C(\O)C1=C(C)C(O[Si](C)(C)C(C)(C)C)C[C@@H](C(C)C)C1. The van der Waals surface area contributed by atoms with E-state index in [1.54, 1.807) is 6.92 Å². The van der Waals surface area contributed by atoms with Crippen LogP contribution in [0.5, 0.6) is 0 Å². The standard InChI is InChI=1S/C21H38O4Si/c1-10-24-20(23)13-18(22)17-11-16(14(2)3)12-19(15(17)4)25-26(8,9)21(5,6)7/h13-14,16,19,22H,10-12H2,1-9H3/b18-13-/t16-,19?/m0/s1. The van der Waals surface area contributed by atoms with Crippen LogP contribution in [0.25, 0.3) is 0 Å². The number of aliphatic hydroxyl groups is 1. The Morgan fingerprint density at radius 3 is 2.38 bits per heavy atom. The Morgan fingerprint density at radius 1 is 1.35 bits per heavy atom. The molecule has 1 aliphatic carbocycles. The Bertz CT molecular complexity index is 567. The predicted molar refractivity (Wildman–Crippen MR) is 110 cm³/mol. The van der Waals surface area contributed by atoms with Crippen molar-refractivity contribution in [1.29, 1.82) is 0 Å². The molecule has 0 amide bonds. The van der Waals surface area contributed by atoms with Crippen LogP contribution in [0.3, 0.4) is 0 Å². The maximum absolute atomic E-state index is 11.8. The van der Waals surface area contributed by atoms with E-state index < -0.39 is 14.3 Å². The van der Waals surface area contributed by atoms with Gasteiger partial charge in [-0.25, -0.2) is 4.79 Å². The lowest BCUT2D eigenvalue weighted by atomic mass is 9.76. The molecule has 0 aliphatic heterocycles. The zero-order valence-electron chi connectivity index (χ0n) is 18.1. The van der Waals surface area contributed by atoms with E-state index in [0.717, 1.165) is 24.0 Å². The van der Waals surface area contributed by atoms with Crippen molar-refractivity contribution < 1.29 is 19.1 Å². The Kier molecular flexibility index (Phi) is 7.72. The lowest BCUT2D eigenvalue weighted by molar-refractivity contribution is -0.137. The third-order valence-electron chi connectivity index (χ3n) is 5.98. The summed E-state index contributed by atoms with van der Waals surface area (Å²) in [7, 11) is -1.93. The van der Waals surface area contributed by atoms with Crippen LogP contribution in [0.15, 0.2) is 23.0 Å². The van der Waals surface area contributed by atoms with Crippen LogP contribution in [0.4, 0.5) is 0 Å². The second kappa shape index (κ2) is 8.74. The van der Waals surface area contributed by atoms with Crippen molar-refractivity contribution in [3.05, 3.63) is 23.0 Å². The van der Waals surface area contributed by atoms with Gasteiger partial charge in [0.25, 0.3) is 0 Å². The van der Waals surface area contributed by atoms with Gasteiger partial charge in [0.1, 0.15) is 5.76 Å². The molecule has 0 aromatic carbocycles. The van der Waals surface area contributed by atoms with Gasteiger partial charge in [0.05, 0.1) is 18.8 Å². The van der Waals surface area contributed by atoms with E-state index in [2.05, 4.69) is 47.7 Å². The van der Waals surface area contributed by atoms with E-state index in [9.17, 15) is 9.90 Å². The summed E-state index contributed by atoms with van der Waals surface area (Å²) in [6.07, 6.45) is 2.92. The molecule has 1 aliphatic rings. The second-order valence-corrected chi connectivity index (χ2v) is 14.0. The molecule has 0 saturated heterocycles. The third-order valence-corrected chi connectivity index (χ3v) is 10.5. The number of carbonyl (C=O) groups is 1. The maximum Gasteiger partial charge on any atom is 0.334 e. The molecule has 0 fully saturated rings. The number of aliphatic hydroxyl groups excluding tert-OH is 1. The van der Waals surface area contributed by atoms with Crippen LogP contribution in [0.2, 0.25) is 18.1 Å². The molecule has 5 heteroatoms. The Morgan fingerprint density at radius 2 is 1.92 bits per heavy atom. The average Bonchev–Trinajstić information content (AvgIpc) is 2.47. The molecule has 150 valence electrons. The predicted octanol–water partition coefficient (Wildman–Crippen LogP) is 5.76. The van der Waals surface area contributed by atoms with Crippen LogP contribution in [0.1, 0.15) is 61.3 Å². The van der Waals surface area contributed by atoms with Gasteiger partial charge in [0.2, 0.25) is 0 Å². The number of allylic oxidation sites excluding steroid dienone is 1. The van der Waals surface area contributed by atoms with E-state index in [0.29, 0.717) is 18.4 Å². The molecule has 4 nitrogen and oxygen atoms in total. The topological polar surface area (TPSA) is 55.8 Å². The number of hydrogen-bond donors (Lipinski definition) is 1. The zero-order chi connectivity index (χ0) is 20.3. The van der Waals surface area contributed by atoms with Gasteiger partial charge in [0, 0.05) is 0 Å². The minimum atomic E-state index is -1.93. The fourth-order valence-corrected chi connectivity index (χ4v) is 4.36. The largest absolute Gasteiger partial charge is 0.507 e. The normalized spacial score (nSPS) is 22.8. The highest BCUT2D eigenvalue weighted by molar-refractivity contribution is 6.74. The summed E-state index contributed by atoms with van der Waals surface area (Å²) in [5.41, 5.74) is 1.89. The lowest BCUT2D eigenvalue weighted by Gasteiger charge is -2.43. The summed E-state index contributed by atoms with van der Waals surface area (Å²) in [5.74, 6) is 0.425. The molecule has 0 bridgehead atoms. The fraction of sp³-hybridized carbons (Fsp3) is 0.762. The van der Waals surface area contributed by atoms with Crippen molar-refractivity contribution in [2.45, 2.75) is 85.5 Å². The molecule has 26 heavy (non-hydrogen) atoms. The summed E-state index contributed by atoms with van der Waals surface area (Å²) in [6.45, 7) is 19.7. The van der Waals surface area contributed by atoms with Crippen LogP contribution < -0.4 is 0 Å². The number of ether oxygens (including phenoxy) is 1. The molecule has 0 radical (unpaired) electrons. The molecule has 0 aromatic heterocycles. The third kappa shape index (κ3) is 5.71. The first-order valence-corrected chi connectivity index (χ1v) is 12.7. The van der Waals surface area contributed by atoms with E-state index in [-0.39, 0.29) is 16.9 Å². The number of carbonyl (C=O) groups excluding carboxylic acids is 1. The first-order chi connectivity index (χ1) is 11.8. The van der Waals surface area contributed by atoms with Gasteiger partial charge in [-0.2, -0.15) is 0 Å². The van der Waals surface area contributed by atoms with Crippen molar-refractivity contribution in [3.63, 3.8) is 0 Å². The van der Waals surface area contributed by atoms with Crippen LogP contribution in [-0.4, -0.2) is 32.1 Å². The summed E-state index contributed by atoms with van der Waals surface area (Å²) in [5, 5.41) is 10.7. The molecule has 0 spiro atoms. The van der Waals surface area contributed by atoms with E-state index in [4.69, 9.17) is 9.16 Å². The van der Waals surface area contributed by atoms with Crippen molar-refractivity contribution >= 4 is 14.3 Å². The number of hydrogen-bond acceptors (Lipinski definition) is 4. The van der Waals surface area contributed by atoms with Crippen molar-refractivity contribution in [1.82, 2.24) is 0 Å². The van der Waals surface area contributed by atoms with Crippen LogP contribution >= 0.6 is 0 Å². The highest BCUT2D eigenvalue weighted by Gasteiger charge is 2.41. The van der Waals surface area contributed by atoms with Crippen LogP contribution in [0, 0.1) is 11.8 Å². The summed E-state index contributed by atoms with van der Waals surface area (Å²) >= 11 is 0. The molecular weight excluding hydrogens is 344 g/mol. The Hall–Kier alpha value is -1.07. The molecule has 0 saturated carbocycles. The molecule has 0 heterocycles. The van der Waals surface area contributed by atoms with E-state index in [1.165, 1.54) is 6.08 Å².